The van der Waals surface area contributed by atoms with Crippen molar-refractivity contribution < 1.29 is 36.6 Å². The number of ether oxygens (including phenoxy) is 3. The number of rotatable bonds is 4. The van der Waals surface area contributed by atoms with E-state index in [-0.39, 0.29) is 29.1 Å². The number of methoxy groups -OCH3 is 1. The number of alkyl halides is 3. The molecule has 144 valence electrons. The minimum atomic E-state index is -4.74. The molecule has 4 nitrogen and oxygen atoms in total. The van der Waals surface area contributed by atoms with E-state index in [0.29, 0.717) is 0 Å². The molecule has 8 heteroatoms. The Labute approximate surface area is 148 Å². The Morgan fingerprint density at radius 3 is 2.46 bits per heavy atom. The van der Waals surface area contributed by atoms with Crippen molar-refractivity contribution in [3.05, 3.63) is 34.8 Å². The van der Waals surface area contributed by atoms with Gasteiger partial charge in [-0.1, -0.05) is 6.92 Å². The van der Waals surface area contributed by atoms with E-state index in [0.717, 1.165) is 13.0 Å². The molecule has 0 saturated heterocycles. The van der Waals surface area contributed by atoms with Crippen molar-refractivity contribution in [1.82, 2.24) is 0 Å². The fraction of sp³-hybridized carbons (Fsp3) is 0.500. The van der Waals surface area contributed by atoms with Gasteiger partial charge in [-0.25, -0.2) is 9.18 Å². The summed E-state index contributed by atoms with van der Waals surface area (Å²) in [5, 5.41) is 0. The van der Waals surface area contributed by atoms with Crippen molar-refractivity contribution in [2.45, 2.75) is 39.5 Å². The normalized spacial score (nSPS) is 23.0. The first-order chi connectivity index (χ1) is 12.0. The number of hydrogen-bond acceptors (Lipinski definition) is 4. The summed E-state index contributed by atoms with van der Waals surface area (Å²) in [4.78, 5) is 12.3. The third-order valence-electron chi connectivity index (χ3n) is 4.68. The number of hydrogen-bond donors (Lipinski definition) is 0. The maximum atomic E-state index is 13.8. The van der Waals surface area contributed by atoms with Gasteiger partial charge in [0.1, 0.15) is 11.6 Å². The molecule has 1 aliphatic rings. The fourth-order valence-electron chi connectivity index (χ4n) is 2.98. The lowest BCUT2D eigenvalue weighted by molar-refractivity contribution is -0.262. The molecule has 0 unspecified atom stereocenters. The maximum absolute atomic E-state index is 13.8. The quantitative estimate of drug-likeness (QED) is 0.577. The number of benzene rings is 1. The van der Waals surface area contributed by atoms with Gasteiger partial charge in [0.25, 0.3) is 0 Å². The summed E-state index contributed by atoms with van der Waals surface area (Å²) in [5.41, 5.74) is -2.37. The smallest absolute Gasteiger partial charge is 0.428 e. The van der Waals surface area contributed by atoms with Crippen LogP contribution in [0.5, 0.6) is 5.75 Å². The van der Waals surface area contributed by atoms with E-state index >= 15 is 0 Å². The topological polar surface area (TPSA) is 44.8 Å². The Hall–Kier alpha value is -2.25. The largest absolute Gasteiger partial charge is 0.496 e. The molecule has 0 bridgehead atoms. The van der Waals surface area contributed by atoms with E-state index in [9.17, 15) is 22.4 Å². The first-order valence-corrected chi connectivity index (χ1v) is 8.00. The molecular formula is C18H20F4O4. The van der Waals surface area contributed by atoms with Crippen LogP contribution in [0.1, 0.15) is 31.9 Å². The molecule has 0 fully saturated rings. The van der Waals surface area contributed by atoms with Crippen LogP contribution < -0.4 is 4.74 Å². The molecule has 2 rings (SSSR count). The Balaban J connectivity index is 2.73. The molecule has 0 amide bonds. The average Bonchev–Trinajstić information content (AvgIpc) is 2.83. The Kier molecular flexibility index (Phi) is 5.26. The second-order valence-corrected chi connectivity index (χ2v) is 6.15. The molecule has 1 aromatic rings. The Morgan fingerprint density at radius 2 is 1.96 bits per heavy atom. The van der Waals surface area contributed by atoms with Crippen LogP contribution in [-0.2, 0) is 14.3 Å². The van der Waals surface area contributed by atoms with Crippen molar-refractivity contribution in [3.63, 3.8) is 0 Å². The first kappa shape index (κ1) is 20.1. The molecule has 0 spiro atoms. The van der Waals surface area contributed by atoms with Crippen molar-refractivity contribution in [3.8, 4) is 5.75 Å². The van der Waals surface area contributed by atoms with Crippen LogP contribution in [-0.4, -0.2) is 31.5 Å². The van der Waals surface area contributed by atoms with Crippen molar-refractivity contribution in [2.24, 2.45) is 5.92 Å². The molecule has 1 heterocycles. The lowest BCUT2D eigenvalue weighted by atomic mass is 9.82. The third-order valence-corrected chi connectivity index (χ3v) is 4.68. The van der Waals surface area contributed by atoms with Crippen LogP contribution >= 0.6 is 0 Å². The minimum absolute atomic E-state index is 0.0248. The van der Waals surface area contributed by atoms with Gasteiger partial charge in [0.2, 0.25) is 11.4 Å². The van der Waals surface area contributed by atoms with E-state index in [2.05, 4.69) is 0 Å². The lowest BCUT2D eigenvalue weighted by Gasteiger charge is -2.32. The highest BCUT2D eigenvalue weighted by Crippen LogP contribution is 2.53. The molecule has 0 aromatic heterocycles. The lowest BCUT2D eigenvalue weighted by Crippen LogP contribution is -2.47. The van der Waals surface area contributed by atoms with E-state index in [4.69, 9.17) is 14.2 Å². The van der Waals surface area contributed by atoms with Crippen LogP contribution in [0.2, 0.25) is 0 Å². The summed E-state index contributed by atoms with van der Waals surface area (Å²) in [6.45, 7) is 5.10. The van der Waals surface area contributed by atoms with E-state index < -0.39 is 35.2 Å². The van der Waals surface area contributed by atoms with E-state index in [1.165, 1.54) is 33.9 Å². The average molecular weight is 376 g/mol. The van der Waals surface area contributed by atoms with E-state index in [1.807, 2.05) is 0 Å². The second kappa shape index (κ2) is 6.81. The molecule has 26 heavy (non-hydrogen) atoms. The molecule has 0 saturated carbocycles. The van der Waals surface area contributed by atoms with Crippen LogP contribution in [0.3, 0.4) is 0 Å². The van der Waals surface area contributed by atoms with Crippen LogP contribution in [0.4, 0.5) is 17.6 Å². The number of carbonyl (C=O) groups excluding carboxylic acids is 1. The highest BCUT2D eigenvalue weighted by atomic mass is 19.4. The molecule has 1 aromatic carbocycles. The summed E-state index contributed by atoms with van der Waals surface area (Å²) in [6, 6.07) is 2.39. The number of esters is 1. The summed E-state index contributed by atoms with van der Waals surface area (Å²) in [6.07, 6.45) is -4.74. The summed E-state index contributed by atoms with van der Waals surface area (Å²) in [5.74, 6) is -3.33. The SMILES string of the molecule is CCOC(=O)C1=C(c2ccc(F)c(C)c2OC)[C@H](C)[C@](C)(C(F)(F)F)O1. The van der Waals surface area contributed by atoms with Gasteiger partial charge in [0.05, 0.1) is 13.7 Å². The van der Waals surface area contributed by atoms with Gasteiger partial charge in [-0.3, -0.25) is 0 Å². The Morgan fingerprint density at radius 1 is 1.35 bits per heavy atom. The van der Waals surface area contributed by atoms with Crippen LogP contribution in [0.25, 0.3) is 5.57 Å². The zero-order chi connectivity index (χ0) is 19.9. The molecule has 2 atom stereocenters. The van der Waals surface area contributed by atoms with Gasteiger partial charge in [-0.2, -0.15) is 13.2 Å². The zero-order valence-electron chi connectivity index (χ0n) is 15.1. The van der Waals surface area contributed by atoms with Gasteiger partial charge in [-0.05, 0) is 32.9 Å². The second-order valence-electron chi connectivity index (χ2n) is 6.15. The zero-order valence-corrected chi connectivity index (χ0v) is 15.1. The Bertz CT molecular complexity index is 754. The van der Waals surface area contributed by atoms with Gasteiger partial charge >= 0.3 is 12.1 Å². The molecule has 0 aliphatic carbocycles. The van der Waals surface area contributed by atoms with Crippen LogP contribution in [0, 0.1) is 18.7 Å². The molecule has 0 radical (unpaired) electrons. The first-order valence-electron chi connectivity index (χ1n) is 8.00. The van der Waals surface area contributed by atoms with Crippen molar-refractivity contribution in [1.29, 1.82) is 0 Å². The van der Waals surface area contributed by atoms with Crippen LogP contribution in [0.15, 0.2) is 17.9 Å². The standard InChI is InChI=1S/C18H20F4O4/c1-6-25-16(23)15-13(10(3)17(4,26-15)18(20,21)22)11-7-8-12(19)9(2)14(11)24-5/h7-8,10H,6H2,1-5H3/t10-,17+/m0/s1. The fourth-order valence-corrected chi connectivity index (χ4v) is 2.98. The predicted molar refractivity (Wildman–Crippen MR) is 86.0 cm³/mol. The maximum Gasteiger partial charge on any atom is 0.428 e. The minimum Gasteiger partial charge on any atom is -0.496 e. The summed E-state index contributed by atoms with van der Waals surface area (Å²) < 4.78 is 69.9. The van der Waals surface area contributed by atoms with Crippen molar-refractivity contribution >= 4 is 11.5 Å². The monoisotopic (exact) mass is 376 g/mol. The predicted octanol–water partition coefficient (Wildman–Crippen LogP) is 4.40. The highest BCUT2D eigenvalue weighted by Gasteiger charge is 2.63. The van der Waals surface area contributed by atoms with Gasteiger partial charge < -0.3 is 14.2 Å². The van der Waals surface area contributed by atoms with Crippen molar-refractivity contribution in [2.75, 3.05) is 13.7 Å². The molecular weight excluding hydrogens is 356 g/mol. The third kappa shape index (κ3) is 3.01. The summed E-state index contributed by atoms with van der Waals surface area (Å²) >= 11 is 0. The molecule has 0 N–H and O–H groups in total. The summed E-state index contributed by atoms with van der Waals surface area (Å²) in [7, 11) is 1.28. The number of carbonyl (C=O) groups is 1. The van der Waals surface area contributed by atoms with Gasteiger partial charge in [0, 0.05) is 22.6 Å². The van der Waals surface area contributed by atoms with Gasteiger partial charge in [-0.15, -0.1) is 0 Å². The highest BCUT2D eigenvalue weighted by molar-refractivity contribution is 5.98. The van der Waals surface area contributed by atoms with Gasteiger partial charge in [0.15, 0.2) is 0 Å². The van der Waals surface area contributed by atoms with E-state index in [1.54, 1.807) is 0 Å². The molecule has 1 aliphatic heterocycles. The number of halogens is 4.